The number of hydrogen-bond acceptors (Lipinski definition) is 6. The third-order valence-corrected chi connectivity index (χ3v) is 10.7. The molecular formula is C24H28ClF2NO5S2. The fourth-order valence-corrected chi connectivity index (χ4v) is 8.36. The molecule has 2 aliphatic rings. The van der Waals surface area contributed by atoms with E-state index in [-0.39, 0.29) is 48.9 Å². The molecule has 0 aliphatic carbocycles. The Morgan fingerprint density at radius 1 is 1.11 bits per heavy atom. The number of sulfone groups is 1. The molecule has 4 atom stereocenters. The van der Waals surface area contributed by atoms with E-state index < -0.39 is 49.0 Å². The van der Waals surface area contributed by atoms with Crippen LogP contribution in [0, 0.1) is 17.6 Å². The van der Waals surface area contributed by atoms with Gasteiger partial charge in [-0.25, -0.2) is 17.2 Å². The SMILES string of the molecule is CN(C)CCS(=O)(=O)CC[C@@H]1OCC[C@@]2([S@](=O)c3ccc(Cl)cc3)c3c(F)ccc(F)c3OC[C@@H]12. The van der Waals surface area contributed by atoms with Gasteiger partial charge in [0, 0.05) is 29.0 Å². The summed E-state index contributed by atoms with van der Waals surface area (Å²) in [6.45, 7) is 0.436. The number of benzene rings is 2. The zero-order valence-electron chi connectivity index (χ0n) is 19.5. The second-order valence-electron chi connectivity index (χ2n) is 9.17. The fourth-order valence-electron chi connectivity index (χ4n) is 4.85. The Morgan fingerprint density at radius 2 is 1.80 bits per heavy atom. The number of nitrogens with zero attached hydrogens (tertiary/aromatic N) is 1. The lowest BCUT2D eigenvalue weighted by Crippen LogP contribution is -2.56. The topological polar surface area (TPSA) is 72.9 Å². The predicted octanol–water partition coefficient (Wildman–Crippen LogP) is 3.79. The van der Waals surface area contributed by atoms with Crippen LogP contribution in [0.2, 0.25) is 5.02 Å². The van der Waals surface area contributed by atoms with Crippen molar-refractivity contribution >= 4 is 32.2 Å². The quantitative estimate of drug-likeness (QED) is 0.501. The first-order valence-corrected chi connectivity index (χ1v) is 14.7. The van der Waals surface area contributed by atoms with Crippen LogP contribution in [0.3, 0.4) is 0 Å². The van der Waals surface area contributed by atoms with Crippen molar-refractivity contribution in [3.05, 3.63) is 58.6 Å². The standard InChI is InChI=1S/C24H28ClF2NO5S2/c1-28(2)11-14-35(30,31)13-9-21-18-15-33-23-20(27)8-7-19(26)22(23)24(18,10-12-32-21)34(29)17-5-3-16(25)4-6-17/h3-8,18,21H,9-15H2,1-2H3/t18-,21-,24-,34+/m0/s1. The summed E-state index contributed by atoms with van der Waals surface area (Å²) < 4.78 is 79.7. The summed E-state index contributed by atoms with van der Waals surface area (Å²) in [5, 5.41) is 0.456. The first-order chi connectivity index (χ1) is 16.5. The number of halogens is 3. The lowest BCUT2D eigenvalue weighted by molar-refractivity contribution is -0.0721. The first-order valence-electron chi connectivity index (χ1n) is 11.3. The maximum absolute atomic E-state index is 15.3. The van der Waals surface area contributed by atoms with Gasteiger partial charge in [0.15, 0.2) is 21.4 Å². The van der Waals surface area contributed by atoms with Crippen LogP contribution in [0.5, 0.6) is 5.75 Å². The highest BCUT2D eigenvalue weighted by Crippen LogP contribution is 2.54. The van der Waals surface area contributed by atoms with Gasteiger partial charge in [0.25, 0.3) is 0 Å². The maximum atomic E-state index is 15.3. The minimum Gasteiger partial charge on any atom is -0.490 e. The molecule has 0 amide bonds. The number of ether oxygens (including phenoxy) is 2. The third-order valence-electron chi connectivity index (χ3n) is 6.66. The maximum Gasteiger partial charge on any atom is 0.165 e. The first kappa shape index (κ1) is 26.5. The molecule has 0 radical (unpaired) electrons. The Morgan fingerprint density at radius 3 is 2.49 bits per heavy atom. The van der Waals surface area contributed by atoms with Crippen molar-refractivity contribution in [2.45, 2.75) is 28.6 Å². The van der Waals surface area contributed by atoms with E-state index in [1.807, 2.05) is 0 Å². The molecule has 192 valence electrons. The minimum atomic E-state index is -3.37. The molecule has 0 spiro atoms. The lowest BCUT2D eigenvalue weighted by Gasteiger charge is -2.50. The molecule has 2 aromatic carbocycles. The van der Waals surface area contributed by atoms with E-state index in [4.69, 9.17) is 21.1 Å². The monoisotopic (exact) mass is 547 g/mol. The van der Waals surface area contributed by atoms with Gasteiger partial charge in [-0.3, -0.25) is 4.21 Å². The molecule has 0 bridgehead atoms. The van der Waals surface area contributed by atoms with Gasteiger partial charge in [-0.1, -0.05) is 11.6 Å². The van der Waals surface area contributed by atoms with Crippen LogP contribution in [-0.4, -0.2) is 69.0 Å². The molecule has 0 saturated carbocycles. The molecule has 4 rings (SSSR count). The van der Waals surface area contributed by atoms with Crippen molar-refractivity contribution in [3.63, 3.8) is 0 Å². The smallest absolute Gasteiger partial charge is 0.165 e. The van der Waals surface area contributed by atoms with Crippen LogP contribution in [0.4, 0.5) is 8.78 Å². The predicted molar refractivity (Wildman–Crippen MR) is 131 cm³/mol. The molecule has 2 aromatic rings. The molecule has 0 aromatic heterocycles. The summed E-state index contributed by atoms with van der Waals surface area (Å²) in [6.07, 6.45) is -0.367. The Balaban J connectivity index is 1.74. The van der Waals surface area contributed by atoms with Crippen LogP contribution in [-0.2, 0) is 30.1 Å². The molecular weight excluding hydrogens is 520 g/mol. The van der Waals surface area contributed by atoms with Gasteiger partial charge in [0.1, 0.15) is 5.82 Å². The lowest BCUT2D eigenvalue weighted by atomic mass is 9.75. The normalized spacial score (nSPS) is 25.0. The Hall–Kier alpha value is -1.59. The molecule has 0 unspecified atom stereocenters. The van der Waals surface area contributed by atoms with Gasteiger partial charge < -0.3 is 14.4 Å². The van der Waals surface area contributed by atoms with Crippen LogP contribution in [0.25, 0.3) is 0 Å². The highest BCUT2D eigenvalue weighted by molar-refractivity contribution is 7.91. The van der Waals surface area contributed by atoms with E-state index in [2.05, 4.69) is 0 Å². The zero-order valence-corrected chi connectivity index (χ0v) is 21.9. The summed E-state index contributed by atoms with van der Waals surface area (Å²) in [5.41, 5.74) is -0.0780. The van der Waals surface area contributed by atoms with Gasteiger partial charge >= 0.3 is 0 Å². The van der Waals surface area contributed by atoms with Crippen molar-refractivity contribution < 1.29 is 30.9 Å². The van der Waals surface area contributed by atoms with E-state index in [1.165, 1.54) is 0 Å². The summed E-state index contributed by atoms with van der Waals surface area (Å²) in [6, 6.07) is 8.39. The molecule has 2 aliphatic heterocycles. The van der Waals surface area contributed by atoms with Crippen LogP contribution in [0.15, 0.2) is 41.3 Å². The Labute approximate surface area is 211 Å². The molecule has 11 heteroatoms. The van der Waals surface area contributed by atoms with Crippen LogP contribution in [0.1, 0.15) is 18.4 Å². The number of rotatable bonds is 8. The second kappa shape index (κ2) is 10.4. The van der Waals surface area contributed by atoms with Crippen LogP contribution >= 0.6 is 11.6 Å². The molecule has 1 saturated heterocycles. The van der Waals surface area contributed by atoms with Gasteiger partial charge in [-0.05, 0) is 63.3 Å². The second-order valence-corrected chi connectivity index (χ2v) is 13.6. The fraction of sp³-hybridized carbons (Fsp3) is 0.500. The van der Waals surface area contributed by atoms with Crippen molar-refractivity contribution in [2.75, 3.05) is 45.4 Å². The molecule has 0 N–H and O–H groups in total. The van der Waals surface area contributed by atoms with Crippen molar-refractivity contribution in [2.24, 2.45) is 5.92 Å². The van der Waals surface area contributed by atoms with Crippen LogP contribution < -0.4 is 4.74 Å². The van der Waals surface area contributed by atoms with E-state index in [0.717, 1.165) is 12.1 Å². The van der Waals surface area contributed by atoms with E-state index in [9.17, 15) is 17.0 Å². The van der Waals surface area contributed by atoms with Gasteiger partial charge in [-0.15, -0.1) is 0 Å². The summed E-state index contributed by atoms with van der Waals surface area (Å²) in [7, 11) is -1.61. The van der Waals surface area contributed by atoms with Crippen molar-refractivity contribution in [3.8, 4) is 5.75 Å². The summed E-state index contributed by atoms with van der Waals surface area (Å²) in [4.78, 5) is 2.20. The number of hydrogen-bond donors (Lipinski definition) is 0. The molecule has 1 fully saturated rings. The zero-order chi connectivity index (χ0) is 25.4. The molecule has 2 heterocycles. The highest BCUT2D eigenvalue weighted by atomic mass is 35.5. The van der Waals surface area contributed by atoms with Crippen molar-refractivity contribution in [1.82, 2.24) is 4.90 Å². The molecule has 35 heavy (non-hydrogen) atoms. The molecule has 6 nitrogen and oxygen atoms in total. The van der Waals surface area contributed by atoms with E-state index in [0.29, 0.717) is 16.5 Å². The Bertz CT molecular complexity index is 1210. The Kier molecular flexibility index (Phi) is 7.88. The summed E-state index contributed by atoms with van der Waals surface area (Å²) in [5.74, 6) is -2.49. The van der Waals surface area contributed by atoms with Gasteiger partial charge in [0.05, 0.1) is 45.3 Å². The third kappa shape index (κ3) is 5.27. The van der Waals surface area contributed by atoms with E-state index >= 15 is 4.39 Å². The average molecular weight is 548 g/mol. The number of fused-ring (bicyclic) bond motifs is 3. The van der Waals surface area contributed by atoms with Gasteiger partial charge in [0.2, 0.25) is 0 Å². The largest absolute Gasteiger partial charge is 0.490 e. The summed E-state index contributed by atoms with van der Waals surface area (Å²) >= 11 is 6.01. The van der Waals surface area contributed by atoms with E-state index in [1.54, 1.807) is 43.3 Å². The highest BCUT2D eigenvalue weighted by Gasteiger charge is 2.57. The van der Waals surface area contributed by atoms with Gasteiger partial charge in [-0.2, -0.15) is 0 Å². The minimum absolute atomic E-state index is 0.00158. The van der Waals surface area contributed by atoms with Crippen molar-refractivity contribution in [1.29, 1.82) is 0 Å². The average Bonchev–Trinajstić information content (AvgIpc) is 2.83.